The van der Waals surface area contributed by atoms with Crippen molar-refractivity contribution in [1.82, 2.24) is 10.6 Å². The molecule has 1 unspecified atom stereocenters. The highest BCUT2D eigenvalue weighted by Gasteiger charge is 2.41. The molecule has 0 aliphatic rings. The fourth-order valence-electron chi connectivity index (χ4n) is 3.37. The summed E-state index contributed by atoms with van der Waals surface area (Å²) in [6.07, 6.45) is -18.9. The third-order valence-electron chi connectivity index (χ3n) is 5.27. The van der Waals surface area contributed by atoms with E-state index in [-0.39, 0.29) is 12.1 Å². The van der Waals surface area contributed by atoms with Crippen molar-refractivity contribution in [1.29, 1.82) is 0 Å². The van der Waals surface area contributed by atoms with Crippen molar-refractivity contribution < 1.29 is 62.3 Å². The molecule has 0 spiro atoms. The lowest BCUT2D eigenvalue weighted by Crippen LogP contribution is -2.47. The lowest BCUT2D eigenvalue weighted by atomic mass is 9.94. The van der Waals surface area contributed by atoms with Crippen LogP contribution in [0.15, 0.2) is 42.5 Å². The van der Waals surface area contributed by atoms with Crippen molar-refractivity contribution in [3.05, 3.63) is 75.3 Å². The maximum atomic E-state index is 14.9. The van der Waals surface area contributed by atoms with Crippen LogP contribution in [0.5, 0.6) is 0 Å². The van der Waals surface area contributed by atoms with Crippen LogP contribution in [0, 0.1) is 0 Å². The van der Waals surface area contributed by atoms with Gasteiger partial charge in [-0.1, -0.05) is 17.7 Å². The predicted octanol–water partition coefficient (Wildman–Crippen LogP) is 7.75. The normalized spacial score (nSPS) is 14.6. The van der Waals surface area contributed by atoms with Gasteiger partial charge in [0, 0.05) is 16.1 Å². The number of carbonyl (C=O) groups excluding carboxylic acids is 2. The van der Waals surface area contributed by atoms with Gasteiger partial charge in [0.05, 0.1) is 11.1 Å². The van der Waals surface area contributed by atoms with Crippen molar-refractivity contribution >= 4 is 29.2 Å². The number of carbonyl (C=O) groups is 2. The molecule has 0 saturated carbocycles. The second-order valence-corrected chi connectivity index (χ2v) is 8.88. The van der Waals surface area contributed by atoms with E-state index in [0.717, 1.165) is 6.92 Å². The van der Waals surface area contributed by atoms with Gasteiger partial charge in [-0.05, 0) is 48.9 Å². The van der Waals surface area contributed by atoms with Gasteiger partial charge >= 0.3 is 18.5 Å². The van der Waals surface area contributed by atoms with Crippen LogP contribution < -0.4 is 10.6 Å². The fourth-order valence-corrected chi connectivity index (χ4v) is 3.62. The van der Waals surface area contributed by atoms with Crippen LogP contribution in [0.4, 0.5) is 52.7 Å². The Bertz CT molecular complexity index is 1300. The summed E-state index contributed by atoms with van der Waals surface area (Å²) in [5.74, 6) is -7.81. The van der Waals surface area contributed by atoms with Crippen molar-refractivity contribution in [2.24, 2.45) is 0 Å². The molecule has 17 heteroatoms. The number of benzene rings is 2. The number of nitrogens with one attached hydrogen (secondary N) is 2. The highest BCUT2D eigenvalue weighted by molar-refractivity contribution is 6.30. The third-order valence-corrected chi connectivity index (χ3v) is 5.49. The van der Waals surface area contributed by atoms with Gasteiger partial charge in [-0.3, -0.25) is 9.59 Å². The molecule has 2 aromatic rings. The molecule has 226 valence electrons. The third kappa shape index (κ3) is 9.57. The van der Waals surface area contributed by atoms with Gasteiger partial charge in [-0.15, -0.1) is 0 Å². The molecule has 2 atom stereocenters. The fraction of sp³-hybridized carbons (Fsp3) is 0.333. The van der Waals surface area contributed by atoms with Crippen LogP contribution in [-0.4, -0.2) is 36.8 Å². The first-order chi connectivity index (χ1) is 18.6. The van der Waals surface area contributed by atoms with Crippen LogP contribution in [-0.2, 0) is 11.0 Å². The first-order valence-electron chi connectivity index (χ1n) is 11.0. The van der Waals surface area contributed by atoms with Gasteiger partial charge in [-0.25, -0.2) is 13.2 Å². The SMILES string of the molecule is C[C@@H](NC(=O)c1ccc(/C(F)=C/C(c2cc(Cl)cc(C(F)F)c2)C(F)(F)F)cc1C(F)(F)F)C(=O)NCC(F)(F)F. The van der Waals surface area contributed by atoms with Gasteiger partial charge < -0.3 is 10.6 Å². The quantitative estimate of drug-likeness (QED) is 0.294. The summed E-state index contributed by atoms with van der Waals surface area (Å²) in [4.78, 5) is 24.1. The van der Waals surface area contributed by atoms with Crippen molar-refractivity contribution in [2.75, 3.05) is 6.54 Å². The van der Waals surface area contributed by atoms with Crippen molar-refractivity contribution in [3.8, 4) is 0 Å². The monoisotopic (exact) mass is 628 g/mol. The number of halogens is 13. The smallest absolute Gasteiger partial charge is 0.345 e. The van der Waals surface area contributed by atoms with E-state index < -0.39 is 93.9 Å². The van der Waals surface area contributed by atoms with E-state index >= 15 is 0 Å². The van der Waals surface area contributed by atoms with E-state index in [1.165, 1.54) is 5.32 Å². The van der Waals surface area contributed by atoms with E-state index in [1.807, 2.05) is 0 Å². The molecule has 2 aromatic carbocycles. The summed E-state index contributed by atoms with van der Waals surface area (Å²) in [5.41, 5.74) is -6.03. The average Bonchev–Trinajstić information content (AvgIpc) is 2.82. The van der Waals surface area contributed by atoms with E-state index in [9.17, 15) is 62.3 Å². The number of hydrogen-bond donors (Lipinski definition) is 2. The van der Waals surface area contributed by atoms with E-state index in [2.05, 4.69) is 0 Å². The predicted molar refractivity (Wildman–Crippen MR) is 122 cm³/mol. The summed E-state index contributed by atoms with van der Waals surface area (Å²) >= 11 is 5.60. The summed E-state index contributed by atoms with van der Waals surface area (Å²) in [7, 11) is 0. The zero-order chi connectivity index (χ0) is 31.5. The molecule has 0 fully saturated rings. The highest BCUT2D eigenvalue weighted by atomic mass is 35.5. The van der Waals surface area contributed by atoms with Crippen LogP contribution >= 0.6 is 11.6 Å². The van der Waals surface area contributed by atoms with Gasteiger partial charge in [-0.2, -0.15) is 39.5 Å². The molecule has 0 aliphatic heterocycles. The van der Waals surface area contributed by atoms with Crippen molar-refractivity contribution in [3.63, 3.8) is 0 Å². The summed E-state index contributed by atoms with van der Waals surface area (Å²) in [6, 6.07) is 0.799. The Morgan fingerprint density at radius 1 is 0.927 bits per heavy atom. The zero-order valence-corrected chi connectivity index (χ0v) is 21.0. The van der Waals surface area contributed by atoms with Crippen molar-refractivity contribution in [2.45, 2.75) is 43.8 Å². The Morgan fingerprint density at radius 3 is 2.02 bits per heavy atom. The number of rotatable bonds is 8. The molecule has 2 N–H and O–H groups in total. The van der Waals surface area contributed by atoms with Crippen LogP contribution in [0.25, 0.3) is 5.83 Å². The highest BCUT2D eigenvalue weighted by Crippen LogP contribution is 2.41. The van der Waals surface area contributed by atoms with Crippen LogP contribution in [0.1, 0.15) is 51.9 Å². The summed E-state index contributed by atoms with van der Waals surface area (Å²) in [5, 5.41) is 2.60. The molecule has 2 rings (SSSR count). The first-order valence-corrected chi connectivity index (χ1v) is 11.4. The lowest BCUT2D eigenvalue weighted by molar-refractivity contribution is -0.140. The Balaban J connectivity index is 2.47. The molecule has 2 amide bonds. The largest absolute Gasteiger partial charge is 0.417 e. The van der Waals surface area contributed by atoms with E-state index in [0.29, 0.717) is 30.3 Å². The van der Waals surface area contributed by atoms with Crippen LogP contribution in [0.3, 0.4) is 0 Å². The molecule has 0 aliphatic carbocycles. The minimum absolute atomic E-state index is 0.00880. The molecule has 0 bridgehead atoms. The number of allylic oxidation sites excluding steroid dienone is 1. The van der Waals surface area contributed by atoms with Crippen LogP contribution in [0.2, 0.25) is 5.02 Å². The second-order valence-electron chi connectivity index (χ2n) is 8.44. The Morgan fingerprint density at radius 2 is 1.51 bits per heavy atom. The zero-order valence-electron chi connectivity index (χ0n) is 20.2. The van der Waals surface area contributed by atoms with Gasteiger partial charge in [0.2, 0.25) is 5.91 Å². The van der Waals surface area contributed by atoms with Gasteiger partial charge in [0.15, 0.2) is 0 Å². The minimum atomic E-state index is -5.40. The lowest BCUT2D eigenvalue weighted by Gasteiger charge is -2.20. The van der Waals surface area contributed by atoms with Gasteiger partial charge in [0.25, 0.3) is 12.3 Å². The maximum Gasteiger partial charge on any atom is 0.417 e. The second kappa shape index (κ2) is 12.6. The molecule has 0 aromatic heterocycles. The Labute approximate surface area is 228 Å². The Hall–Kier alpha value is -3.43. The molecule has 4 nitrogen and oxygen atoms in total. The summed E-state index contributed by atoms with van der Waals surface area (Å²) in [6.45, 7) is -0.933. The van der Waals surface area contributed by atoms with E-state index in [1.54, 1.807) is 5.32 Å². The van der Waals surface area contributed by atoms with Gasteiger partial charge in [0.1, 0.15) is 24.3 Å². The average molecular weight is 629 g/mol. The number of alkyl halides is 11. The minimum Gasteiger partial charge on any atom is -0.345 e. The molecular formula is C24H17ClF12N2O2. The Kier molecular flexibility index (Phi) is 10.4. The molecule has 41 heavy (non-hydrogen) atoms. The topological polar surface area (TPSA) is 58.2 Å². The summed E-state index contributed by atoms with van der Waals surface area (Å²) < 4.78 is 160. The number of hydrogen-bond acceptors (Lipinski definition) is 2. The first kappa shape index (κ1) is 33.8. The standard InChI is InChI=1S/C24H17ClF12N2O2/c1-10(20(40)38-9-22(29,30)31)39-21(41)15-3-2-11(7-17(15)24(35,36)37)18(26)8-16(23(32,33)34)12-4-13(19(27)28)6-14(25)5-12/h2-8,10,16,19H,9H2,1H3,(H,38,40)(H,39,41)/b18-8-/t10-,16?/m1/s1. The van der Waals surface area contributed by atoms with E-state index in [4.69, 9.17) is 11.6 Å². The number of amides is 2. The molecular weight excluding hydrogens is 612 g/mol. The molecule has 0 radical (unpaired) electrons. The molecule has 0 heterocycles. The maximum absolute atomic E-state index is 14.9. The molecule has 0 saturated heterocycles.